The van der Waals surface area contributed by atoms with E-state index in [0.29, 0.717) is 18.2 Å². The number of rotatable bonds is 5. The number of amides is 1. The molecule has 16 heavy (non-hydrogen) atoms. The first-order valence-corrected chi connectivity index (χ1v) is 5.36. The third-order valence-electron chi connectivity index (χ3n) is 2.38. The summed E-state index contributed by atoms with van der Waals surface area (Å²) in [5, 5.41) is 6.02. The Hall–Kier alpha value is -1.62. The summed E-state index contributed by atoms with van der Waals surface area (Å²) in [7, 11) is 0. The Bertz CT molecular complexity index is 403. The topological polar surface area (TPSA) is 71.3 Å². The van der Waals surface area contributed by atoms with E-state index < -0.39 is 5.63 Å². The summed E-state index contributed by atoms with van der Waals surface area (Å²) in [6.07, 6.45) is 3.64. The van der Waals surface area contributed by atoms with Crippen LogP contribution in [0.1, 0.15) is 23.2 Å². The number of carbonyl (C=O) groups excluding carboxylic acids is 1. The monoisotopic (exact) mass is 222 g/mol. The van der Waals surface area contributed by atoms with Crippen molar-refractivity contribution in [2.75, 3.05) is 13.1 Å². The average Bonchev–Trinajstić information content (AvgIpc) is 3.09. The minimum Gasteiger partial charge on any atom is -0.430 e. The Labute approximate surface area is 92.8 Å². The van der Waals surface area contributed by atoms with Crippen LogP contribution < -0.4 is 16.3 Å². The molecule has 2 N–H and O–H groups in total. The van der Waals surface area contributed by atoms with E-state index in [1.807, 2.05) is 0 Å². The second-order valence-corrected chi connectivity index (χ2v) is 3.83. The van der Waals surface area contributed by atoms with E-state index >= 15 is 0 Å². The molecule has 0 atom stereocenters. The van der Waals surface area contributed by atoms with Gasteiger partial charge in [-0.1, -0.05) is 0 Å². The van der Waals surface area contributed by atoms with Crippen LogP contribution in [0.2, 0.25) is 0 Å². The fourth-order valence-electron chi connectivity index (χ4n) is 1.33. The van der Waals surface area contributed by atoms with Crippen molar-refractivity contribution >= 4 is 5.91 Å². The molecule has 1 amide bonds. The van der Waals surface area contributed by atoms with Crippen LogP contribution in [0, 0.1) is 0 Å². The van der Waals surface area contributed by atoms with Gasteiger partial charge in [-0.05, 0) is 18.9 Å². The minimum absolute atomic E-state index is 0.221. The summed E-state index contributed by atoms with van der Waals surface area (Å²) in [4.78, 5) is 22.2. The Kier molecular flexibility index (Phi) is 3.36. The Morgan fingerprint density at radius 3 is 2.81 bits per heavy atom. The molecule has 1 aromatic rings. The fraction of sp³-hybridized carbons (Fsp3) is 0.455. The van der Waals surface area contributed by atoms with Crippen molar-refractivity contribution in [1.82, 2.24) is 10.6 Å². The lowest BCUT2D eigenvalue weighted by atomic mass is 10.3. The van der Waals surface area contributed by atoms with E-state index in [-0.39, 0.29) is 5.91 Å². The molecule has 0 saturated heterocycles. The van der Waals surface area contributed by atoms with Gasteiger partial charge in [0.1, 0.15) is 6.26 Å². The number of hydrogen-bond donors (Lipinski definition) is 2. The van der Waals surface area contributed by atoms with Gasteiger partial charge in [0.25, 0.3) is 5.91 Å². The highest BCUT2D eigenvalue weighted by Crippen LogP contribution is 2.17. The molecule has 0 radical (unpaired) electrons. The van der Waals surface area contributed by atoms with Gasteiger partial charge in [0.15, 0.2) is 0 Å². The summed E-state index contributed by atoms with van der Waals surface area (Å²) in [5.74, 6) is -0.221. The minimum atomic E-state index is -0.452. The first-order valence-electron chi connectivity index (χ1n) is 5.36. The molecule has 1 aliphatic rings. The molecule has 0 spiro atoms. The largest absolute Gasteiger partial charge is 0.430 e. The van der Waals surface area contributed by atoms with Crippen LogP contribution in [-0.4, -0.2) is 25.0 Å². The molecular formula is C11H14N2O3. The second-order valence-electron chi connectivity index (χ2n) is 3.83. The molecule has 0 aliphatic heterocycles. The highest BCUT2D eigenvalue weighted by atomic mass is 16.4. The van der Waals surface area contributed by atoms with Gasteiger partial charge in [0.2, 0.25) is 0 Å². The standard InChI is InChI=1S/C11H14N2O3/c14-10-4-1-8(7-16-10)11(15)13-6-5-12-9-2-3-9/h1,4,7,9,12H,2-3,5-6H2,(H,13,15). The lowest BCUT2D eigenvalue weighted by molar-refractivity contribution is 0.0951. The first-order chi connectivity index (χ1) is 7.75. The highest BCUT2D eigenvalue weighted by molar-refractivity contribution is 5.93. The Morgan fingerprint density at radius 2 is 2.19 bits per heavy atom. The summed E-state index contributed by atoms with van der Waals surface area (Å²) >= 11 is 0. The molecule has 1 fully saturated rings. The molecule has 1 aromatic heterocycles. The maximum Gasteiger partial charge on any atom is 0.335 e. The maximum atomic E-state index is 11.5. The lowest BCUT2D eigenvalue weighted by Gasteiger charge is -2.05. The molecule has 0 aromatic carbocycles. The van der Waals surface area contributed by atoms with Crippen LogP contribution in [-0.2, 0) is 0 Å². The first kappa shape index (κ1) is 10.9. The second kappa shape index (κ2) is 4.94. The van der Waals surface area contributed by atoms with Crippen LogP contribution in [0.3, 0.4) is 0 Å². The molecule has 1 aliphatic carbocycles. The predicted molar refractivity (Wildman–Crippen MR) is 58.3 cm³/mol. The molecule has 86 valence electrons. The number of hydrogen-bond acceptors (Lipinski definition) is 4. The average molecular weight is 222 g/mol. The quantitative estimate of drug-likeness (QED) is 0.694. The SMILES string of the molecule is O=C(NCCNC1CC1)c1ccc(=O)oc1. The van der Waals surface area contributed by atoms with E-state index in [1.54, 1.807) is 0 Å². The van der Waals surface area contributed by atoms with Crippen LogP contribution in [0.5, 0.6) is 0 Å². The molecule has 5 nitrogen and oxygen atoms in total. The summed E-state index contributed by atoms with van der Waals surface area (Å²) < 4.78 is 4.60. The van der Waals surface area contributed by atoms with E-state index in [9.17, 15) is 9.59 Å². The number of nitrogens with one attached hydrogen (secondary N) is 2. The lowest BCUT2D eigenvalue weighted by Crippen LogP contribution is -2.32. The van der Waals surface area contributed by atoms with E-state index in [2.05, 4.69) is 15.1 Å². The van der Waals surface area contributed by atoms with E-state index in [4.69, 9.17) is 0 Å². The van der Waals surface area contributed by atoms with E-state index in [1.165, 1.54) is 31.2 Å². The van der Waals surface area contributed by atoms with Gasteiger partial charge in [-0.25, -0.2) is 4.79 Å². The molecule has 5 heteroatoms. The van der Waals surface area contributed by atoms with Crippen molar-refractivity contribution < 1.29 is 9.21 Å². The van der Waals surface area contributed by atoms with Crippen molar-refractivity contribution in [2.45, 2.75) is 18.9 Å². The molecular weight excluding hydrogens is 208 g/mol. The van der Waals surface area contributed by atoms with Crippen molar-refractivity contribution in [1.29, 1.82) is 0 Å². The van der Waals surface area contributed by atoms with Crippen molar-refractivity contribution in [3.8, 4) is 0 Å². The Morgan fingerprint density at radius 1 is 1.38 bits per heavy atom. The zero-order valence-corrected chi connectivity index (χ0v) is 8.86. The highest BCUT2D eigenvalue weighted by Gasteiger charge is 2.19. The van der Waals surface area contributed by atoms with Crippen molar-refractivity contribution in [3.63, 3.8) is 0 Å². The summed E-state index contributed by atoms with van der Waals surface area (Å²) in [6.45, 7) is 1.35. The fourth-order valence-corrected chi connectivity index (χ4v) is 1.33. The summed E-state index contributed by atoms with van der Waals surface area (Å²) in [5.41, 5.74) is -0.0852. The van der Waals surface area contributed by atoms with Crippen LogP contribution in [0.25, 0.3) is 0 Å². The van der Waals surface area contributed by atoms with Gasteiger partial charge in [-0.3, -0.25) is 4.79 Å². The zero-order chi connectivity index (χ0) is 11.4. The molecule has 0 bridgehead atoms. The Balaban J connectivity index is 1.73. The van der Waals surface area contributed by atoms with Gasteiger partial charge in [0, 0.05) is 25.2 Å². The zero-order valence-electron chi connectivity index (χ0n) is 8.86. The molecule has 1 saturated carbocycles. The van der Waals surface area contributed by atoms with Crippen molar-refractivity contribution in [2.24, 2.45) is 0 Å². The van der Waals surface area contributed by atoms with Crippen LogP contribution in [0.15, 0.2) is 27.6 Å². The molecule has 1 heterocycles. The van der Waals surface area contributed by atoms with Gasteiger partial charge in [0.05, 0.1) is 5.56 Å². The van der Waals surface area contributed by atoms with Gasteiger partial charge < -0.3 is 15.1 Å². The molecule has 2 rings (SSSR count). The normalized spacial score (nSPS) is 14.8. The molecule has 0 unspecified atom stereocenters. The van der Waals surface area contributed by atoms with Gasteiger partial charge in [-0.2, -0.15) is 0 Å². The maximum absolute atomic E-state index is 11.5. The third-order valence-corrected chi connectivity index (χ3v) is 2.38. The number of carbonyl (C=O) groups is 1. The van der Waals surface area contributed by atoms with Crippen LogP contribution >= 0.6 is 0 Å². The predicted octanol–water partition coefficient (Wildman–Crippen LogP) is 0.122. The third kappa shape index (κ3) is 3.20. The van der Waals surface area contributed by atoms with Gasteiger partial charge in [-0.15, -0.1) is 0 Å². The summed E-state index contributed by atoms with van der Waals surface area (Å²) in [6, 6.07) is 3.33. The van der Waals surface area contributed by atoms with E-state index in [0.717, 1.165) is 6.54 Å². The van der Waals surface area contributed by atoms with Gasteiger partial charge >= 0.3 is 5.63 Å². The smallest absolute Gasteiger partial charge is 0.335 e. The van der Waals surface area contributed by atoms with Crippen molar-refractivity contribution in [3.05, 3.63) is 34.4 Å². The van der Waals surface area contributed by atoms with Crippen LogP contribution in [0.4, 0.5) is 0 Å².